The fourth-order valence-electron chi connectivity index (χ4n) is 4.01. The van der Waals surface area contributed by atoms with Crippen molar-refractivity contribution in [3.63, 3.8) is 0 Å². The van der Waals surface area contributed by atoms with Crippen LogP contribution in [-0.2, 0) is 9.59 Å². The van der Waals surface area contributed by atoms with Crippen molar-refractivity contribution in [2.24, 2.45) is 11.8 Å². The first kappa shape index (κ1) is 20.4. The summed E-state index contributed by atoms with van der Waals surface area (Å²) >= 11 is 0. The zero-order chi connectivity index (χ0) is 20.1. The third-order valence-corrected chi connectivity index (χ3v) is 5.73. The number of nitrogens with zero attached hydrogens (tertiary/aromatic N) is 2. The Morgan fingerprint density at radius 3 is 2.21 bits per heavy atom. The van der Waals surface area contributed by atoms with Gasteiger partial charge in [-0.15, -0.1) is 0 Å². The van der Waals surface area contributed by atoms with E-state index in [1.807, 2.05) is 35.8 Å². The minimum absolute atomic E-state index is 0.00653. The third kappa shape index (κ3) is 4.72. The number of carbonyl (C=O) groups is 3. The standard InChI is InChI=1S/C22H31N3O3/c1-16(2)21(27)25-14-10-17(11-15-25)20(26)23-19-9-5-4-8-18(19)22(28)24-12-6-3-7-13-24/h4-5,8-9,16-17H,3,6-7,10-15H2,1-2H3,(H,23,26). The molecule has 2 aliphatic heterocycles. The van der Waals surface area contributed by atoms with Crippen LogP contribution < -0.4 is 5.32 Å². The van der Waals surface area contributed by atoms with E-state index in [2.05, 4.69) is 5.32 Å². The van der Waals surface area contributed by atoms with Gasteiger partial charge in [0.2, 0.25) is 11.8 Å². The first-order valence-electron chi connectivity index (χ1n) is 10.5. The quantitative estimate of drug-likeness (QED) is 0.866. The Morgan fingerprint density at radius 2 is 1.57 bits per heavy atom. The van der Waals surface area contributed by atoms with Gasteiger partial charge in [-0.2, -0.15) is 0 Å². The lowest BCUT2D eigenvalue weighted by molar-refractivity contribution is -0.137. The van der Waals surface area contributed by atoms with Crippen molar-refractivity contribution in [3.8, 4) is 0 Å². The van der Waals surface area contributed by atoms with Gasteiger partial charge in [0, 0.05) is 38.0 Å². The number of anilines is 1. The molecule has 0 spiro atoms. The second kappa shape index (κ2) is 9.22. The second-order valence-electron chi connectivity index (χ2n) is 8.14. The molecule has 2 aliphatic rings. The topological polar surface area (TPSA) is 69.7 Å². The molecule has 0 saturated carbocycles. The van der Waals surface area contributed by atoms with Gasteiger partial charge < -0.3 is 15.1 Å². The fourth-order valence-corrected chi connectivity index (χ4v) is 4.01. The lowest BCUT2D eigenvalue weighted by atomic mass is 9.94. The van der Waals surface area contributed by atoms with E-state index < -0.39 is 0 Å². The van der Waals surface area contributed by atoms with Gasteiger partial charge >= 0.3 is 0 Å². The summed E-state index contributed by atoms with van der Waals surface area (Å²) in [4.78, 5) is 41.5. The molecule has 1 aromatic carbocycles. The molecule has 0 atom stereocenters. The van der Waals surface area contributed by atoms with Gasteiger partial charge in [0.15, 0.2) is 0 Å². The van der Waals surface area contributed by atoms with Crippen LogP contribution in [0.25, 0.3) is 0 Å². The number of piperidine rings is 2. The number of benzene rings is 1. The highest BCUT2D eigenvalue weighted by Gasteiger charge is 2.29. The average Bonchev–Trinajstić information content (AvgIpc) is 2.73. The van der Waals surface area contributed by atoms with Gasteiger partial charge in [-0.05, 0) is 44.2 Å². The molecule has 0 aliphatic carbocycles. The molecule has 2 saturated heterocycles. The zero-order valence-corrected chi connectivity index (χ0v) is 16.9. The number of hydrogen-bond acceptors (Lipinski definition) is 3. The van der Waals surface area contributed by atoms with Gasteiger partial charge in [-0.25, -0.2) is 0 Å². The van der Waals surface area contributed by atoms with Crippen LogP contribution >= 0.6 is 0 Å². The van der Waals surface area contributed by atoms with E-state index in [9.17, 15) is 14.4 Å². The highest BCUT2D eigenvalue weighted by Crippen LogP contribution is 2.24. The maximum Gasteiger partial charge on any atom is 0.255 e. The average molecular weight is 386 g/mol. The predicted molar refractivity (Wildman–Crippen MR) is 109 cm³/mol. The van der Waals surface area contributed by atoms with Crippen LogP contribution in [0.5, 0.6) is 0 Å². The molecular formula is C22H31N3O3. The molecule has 152 valence electrons. The Balaban J connectivity index is 1.62. The van der Waals surface area contributed by atoms with Crippen molar-refractivity contribution in [1.29, 1.82) is 0 Å². The Kier molecular flexibility index (Phi) is 6.70. The maximum absolute atomic E-state index is 12.9. The Hall–Kier alpha value is -2.37. The van der Waals surface area contributed by atoms with Gasteiger partial charge in [0.05, 0.1) is 11.3 Å². The minimum Gasteiger partial charge on any atom is -0.342 e. The molecule has 0 radical (unpaired) electrons. The van der Waals surface area contributed by atoms with Crippen molar-refractivity contribution < 1.29 is 14.4 Å². The van der Waals surface area contributed by atoms with E-state index >= 15 is 0 Å². The van der Waals surface area contributed by atoms with Gasteiger partial charge in [0.1, 0.15) is 0 Å². The lowest BCUT2D eigenvalue weighted by Gasteiger charge is -2.32. The first-order valence-corrected chi connectivity index (χ1v) is 10.5. The molecule has 1 aromatic rings. The lowest BCUT2D eigenvalue weighted by Crippen LogP contribution is -2.43. The van der Waals surface area contributed by atoms with Crippen molar-refractivity contribution in [3.05, 3.63) is 29.8 Å². The van der Waals surface area contributed by atoms with Crippen molar-refractivity contribution in [2.45, 2.75) is 46.0 Å². The predicted octanol–water partition coefficient (Wildman–Crippen LogP) is 3.15. The normalized spacial score (nSPS) is 18.2. The summed E-state index contributed by atoms with van der Waals surface area (Å²) in [6.45, 7) is 6.59. The molecule has 2 heterocycles. The van der Waals surface area contributed by atoms with Crippen LogP contribution in [0, 0.1) is 11.8 Å². The molecule has 3 rings (SSSR count). The summed E-state index contributed by atoms with van der Waals surface area (Å²) in [5.41, 5.74) is 1.15. The summed E-state index contributed by atoms with van der Waals surface area (Å²) in [6.07, 6.45) is 4.56. The van der Waals surface area contributed by atoms with Crippen molar-refractivity contribution >= 4 is 23.4 Å². The Labute approximate surface area is 167 Å². The molecule has 2 fully saturated rings. The number of nitrogens with one attached hydrogen (secondary N) is 1. The number of amides is 3. The largest absolute Gasteiger partial charge is 0.342 e. The molecule has 0 bridgehead atoms. The molecule has 28 heavy (non-hydrogen) atoms. The van der Waals surface area contributed by atoms with Crippen LogP contribution in [0.2, 0.25) is 0 Å². The smallest absolute Gasteiger partial charge is 0.255 e. The van der Waals surface area contributed by atoms with Crippen molar-refractivity contribution in [2.75, 3.05) is 31.5 Å². The highest BCUT2D eigenvalue weighted by molar-refractivity contribution is 6.04. The van der Waals surface area contributed by atoms with E-state index in [-0.39, 0.29) is 29.6 Å². The number of carbonyl (C=O) groups excluding carboxylic acids is 3. The third-order valence-electron chi connectivity index (χ3n) is 5.73. The molecule has 3 amide bonds. The summed E-state index contributed by atoms with van der Waals surface area (Å²) in [5, 5.41) is 2.98. The first-order chi connectivity index (χ1) is 13.5. The van der Waals surface area contributed by atoms with E-state index in [0.717, 1.165) is 25.9 Å². The van der Waals surface area contributed by atoms with Crippen LogP contribution in [0.4, 0.5) is 5.69 Å². The fraction of sp³-hybridized carbons (Fsp3) is 0.591. The SMILES string of the molecule is CC(C)C(=O)N1CCC(C(=O)Nc2ccccc2C(=O)N2CCCCC2)CC1. The van der Waals surface area contributed by atoms with Gasteiger partial charge in [-0.3, -0.25) is 14.4 Å². The molecular weight excluding hydrogens is 354 g/mol. The van der Waals surface area contributed by atoms with Gasteiger partial charge in [0.25, 0.3) is 5.91 Å². The molecule has 6 nitrogen and oxygen atoms in total. The number of hydrogen-bond donors (Lipinski definition) is 1. The van der Waals surface area contributed by atoms with Crippen LogP contribution in [0.3, 0.4) is 0 Å². The molecule has 0 unspecified atom stereocenters. The highest BCUT2D eigenvalue weighted by atomic mass is 16.2. The maximum atomic E-state index is 12.9. The second-order valence-corrected chi connectivity index (χ2v) is 8.14. The van der Waals surface area contributed by atoms with E-state index in [1.165, 1.54) is 6.42 Å². The van der Waals surface area contributed by atoms with E-state index in [0.29, 0.717) is 37.2 Å². The van der Waals surface area contributed by atoms with Crippen LogP contribution in [0.1, 0.15) is 56.3 Å². The minimum atomic E-state index is -0.130. The summed E-state index contributed by atoms with van der Waals surface area (Å²) in [5.74, 6) is -0.0627. The van der Waals surface area contributed by atoms with E-state index in [4.69, 9.17) is 0 Å². The number of rotatable bonds is 4. The van der Waals surface area contributed by atoms with Crippen LogP contribution in [-0.4, -0.2) is 53.7 Å². The Morgan fingerprint density at radius 1 is 0.929 bits per heavy atom. The Bertz CT molecular complexity index is 717. The van der Waals surface area contributed by atoms with Crippen LogP contribution in [0.15, 0.2) is 24.3 Å². The van der Waals surface area contributed by atoms with E-state index in [1.54, 1.807) is 12.1 Å². The molecule has 6 heteroatoms. The molecule has 0 aromatic heterocycles. The number of likely N-dealkylation sites (tertiary alicyclic amines) is 2. The number of para-hydroxylation sites is 1. The summed E-state index contributed by atoms with van der Waals surface area (Å²) in [6, 6.07) is 7.26. The zero-order valence-electron chi connectivity index (χ0n) is 16.9. The summed E-state index contributed by atoms with van der Waals surface area (Å²) in [7, 11) is 0. The monoisotopic (exact) mass is 385 g/mol. The van der Waals surface area contributed by atoms with Crippen molar-refractivity contribution in [1.82, 2.24) is 9.80 Å². The van der Waals surface area contributed by atoms with Gasteiger partial charge in [-0.1, -0.05) is 26.0 Å². The summed E-state index contributed by atoms with van der Waals surface area (Å²) < 4.78 is 0. The molecule has 1 N–H and O–H groups in total.